The predicted molar refractivity (Wildman–Crippen MR) is 112 cm³/mol. The SMILES string of the molecule is COC1C=CC=c2c1ncc1c2=[N+](C2CCCC2)C(=O)N(c2cc(C)cs2)C1=O. The van der Waals surface area contributed by atoms with E-state index in [2.05, 4.69) is 4.98 Å². The number of urea groups is 1. The Morgan fingerprint density at radius 2 is 2.07 bits per heavy atom. The van der Waals surface area contributed by atoms with E-state index in [1.54, 1.807) is 13.3 Å². The highest BCUT2D eigenvalue weighted by Crippen LogP contribution is 2.29. The van der Waals surface area contributed by atoms with E-state index in [-0.39, 0.29) is 24.1 Å². The molecule has 0 radical (unpaired) electrons. The van der Waals surface area contributed by atoms with Crippen molar-refractivity contribution in [1.29, 1.82) is 0 Å². The van der Waals surface area contributed by atoms with E-state index < -0.39 is 0 Å². The lowest BCUT2D eigenvalue weighted by Gasteiger charge is -2.23. The second-order valence-electron chi connectivity index (χ2n) is 7.72. The lowest BCUT2D eigenvalue weighted by molar-refractivity contribution is 0.0982. The molecule has 2 aromatic rings. The Balaban J connectivity index is 1.83. The number of rotatable bonds is 3. The fourth-order valence-corrected chi connectivity index (χ4v) is 5.41. The van der Waals surface area contributed by atoms with Gasteiger partial charge in [-0.05, 0) is 55.7 Å². The third-order valence-corrected chi connectivity index (χ3v) is 6.92. The van der Waals surface area contributed by atoms with Crippen molar-refractivity contribution in [2.45, 2.75) is 44.8 Å². The Bertz CT molecular complexity index is 1170. The molecule has 2 aromatic heterocycles. The first kappa shape index (κ1) is 18.4. The summed E-state index contributed by atoms with van der Waals surface area (Å²) in [5.41, 5.74) is 2.26. The van der Waals surface area contributed by atoms with Crippen LogP contribution in [0.1, 0.15) is 53.4 Å². The van der Waals surface area contributed by atoms with Crippen LogP contribution in [0.4, 0.5) is 9.80 Å². The Morgan fingerprint density at radius 1 is 1.28 bits per heavy atom. The van der Waals surface area contributed by atoms with Gasteiger partial charge in [0, 0.05) is 24.6 Å². The highest BCUT2D eigenvalue weighted by atomic mass is 32.1. The molecular weight excluding hydrogens is 386 g/mol. The van der Waals surface area contributed by atoms with Gasteiger partial charge in [0.15, 0.2) is 10.4 Å². The summed E-state index contributed by atoms with van der Waals surface area (Å²) in [5, 5.41) is 4.11. The van der Waals surface area contributed by atoms with Crippen LogP contribution in [0.5, 0.6) is 0 Å². The van der Waals surface area contributed by atoms with Gasteiger partial charge < -0.3 is 4.74 Å². The lowest BCUT2D eigenvalue weighted by atomic mass is 10.0. The number of amides is 3. The van der Waals surface area contributed by atoms with E-state index in [1.165, 1.54) is 16.2 Å². The van der Waals surface area contributed by atoms with Gasteiger partial charge in [0.1, 0.15) is 17.7 Å². The normalized spacial score (nSPS) is 21.4. The van der Waals surface area contributed by atoms with E-state index in [0.29, 0.717) is 15.9 Å². The first-order valence-electron chi connectivity index (χ1n) is 9.90. The second kappa shape index (κ2) is 7.00. The summed E-state index contributed by atoms with van der Waals surface area (Å²) in [4.78, 5) is 33.0. The molecule has 3 heterocycles. The summed E-state index contributed by atoms with van der Waals surface area (Å²) < 4.78 is 7.40. The number of methoxy groups -OCH3 is 1. The maximum Gasteiger partial charge on any atom is 0.507 e. The predicted octanol–water partition coefficient (Wildman–Crippen LogP) is 2.70. The molecule has 1 unspecified atom stereocenters. The molecule has 0 saturated heterocycles. The Labute approximate surface area is 172 Å². The number of anilines is 1. The molecular formula is C22H22N3O3S+. The summed E-state index contributed by atoms with van der Waals surface area (Å²) in [6, 6.07) is 1.71. The summed E-state index contributed by atoms with van der Waals surface area (Å²) in [6.07, 6.45) is 11.2. The average Bonchev–Trinajstić information content (AvgIpc) is 3.40. The van der Waals surface area contributed by atoms with Crippen molar-refractivity contribution in [2.24, 2.45) is 0 Å². The minimum absolute atomic E-state index is 0.0877. The zero-order valence-electron chi connectivity index (χ0n) is 16.4. The van der Waals surface area contributed by atoms with E-state index >= 15 is 0 Å². The van der Waals surface area contributed by atoms with E-state index in [1.807, 2.05) is 41.2 Å². The summed E-state index contributed by atoms with van der Waals surface area (Å²) in [6.45, 7) is 1.96. The van der Waals surface area contributed by atoms with Crippen molar-refractivity contribution in [3.05, 3.63) is 57.2 Å². The van der Waals surface area contributed by atoms with Gasteiger partial charge in [0.05, 0.1) is 5.69 Å². The number of nitrogens with zero attached hydrogens (tertiary/aromatic N) is 3. The molecule has 5 rings (SSSR count). The van der Waals surface area contributed by atoms with Crippen LogP contribution < -0.4 is 20.1 Å². The molecule has 0 bridgehead atoms. The number of carbonyl (C=O) groups is 2. The number of imide groups is 1. The van der Waals surface area contributed by atoms with Gasteiger partial charge >= 0.3 is 11.9 Å². The fraction of sp³-hybridized carbons (Fsp3) is 0.364. The van der Waals surface area contributed by atoms with E-state index in [4.69, 9.17) is 4.74 Å². The average molecular weight is 409 g/mol. The highest BCUT2D eigenvalue weighted by Gasteiger charge is 2.46. The quantitative estimate of drug-likeness (QED) is 0.733. The van der Waals surface area contributed by atoms with Crippen LogP contribution in [0.3, 0.4) is 0 Å². The number of ether oxygens (including phenoxy) is 1. The van der Waals surface area contributed by atoms with Crippen LogP contribution in [0.15, 0.2) is 29.8 Å². The van der Waals surface area contributed by atoms with Crippen LogP contribution in [-0.2, 0) is 4.74 Å². The molecule has 1 atom stereocenters. The van der Waals surface area contributed by atoms with Gasteiger partial charge in [-0.15, -0.1) is 16.2 Å². The van der Waals surface area contributed by atoms with Crippen LogP contribution >= 0.6 is 11.3 Å². The number of thiophene rings is 1. The fourth-order valence-electron chi connectivity index (χ4n) is 4.51. The number of fused-ring (bicyclic) bond motifs is 3. The van der Waals surface area contributed by atoms with Crippen LogP contribution in [-0.4, -0.2) is 30.1 Å². The minimum Gasteiger partial charge on any atom is -0.371 e. The Morgan fingerprint density at radius 3 is 2.76 bits per heavy atom. The maximum absolute atomic E-state index is 13.7. The number of allylic oxidation sites excluding steroid dienone is 1. The molecule has 6 nitrogen and oxygen atoms in total. The maximum atomic E-state index is 13.7. The van der Waals surface area contributed by atoms with Crippen molar-refractivity contribution in [3.8, 4) is 0 Å². The number of pyridine rings is 1. The van der Waals surface area contributed by atoms with E-state index in [9.17, 15) is 9.59 Å². The first-order chi connectivity index (χ1) is 14.1. The van der Waals surface area contributed by atoms with Crippen LogP contribution in [0.25, 0.3) is 6.08 Å². The molecule has 7 heteroatoms. The zero-order valence-corrected chi connectivity index (χ0v) is 17.2. The Hall–Kier alpha value is -2.64. The van der Waals surface area contributed by atoms with Crippen LogP contribution in [0, 0.1) is 6.92 Å². The number of hydrogen-bond donors (Lipinski definition) is 0. The molecule has 2 aliphatic carbocycles. The third-order valence-electron chi connectivity index (χ3n) is 5.89. The minimum atomic E-state index is -0.312. The van der Waals surface area contributed by atoms with Crippen LogP contribution in [0.2, 0.25) is 0 Å². The largest absolute Gasteiger partial charge is 0.507 e. The molecule has 1 fully saturated rings. The van der Waals surface area contributed by atoms with Gasteiger partial charge in [-0.25, -0.2) is 4.79 Å². The third kappa shape index (κ3) is 2.80. The number of carbonyl (C=O) groups excluding carboxylic acids is 2. The highest BCUT2D eigenvalue weighted by molar-refractivity contribution is 7.14. The van der Waals surface area contributed by atoms with Gasteiger partial charge in [0.25, 0.3) is 0 Å². The van der Waals surface area contributed by atoms with Gasteiger partial charge in [0.2, 0.25) is 0 Å². The molecule has 3 aliphatic rings. The van der Waals surface area contributed by atoms with Crippen molar-refractivity contribution in [1.82, 2.24) is 9.56 Å². The zero-order chi connectivity index (χ0) is 20.1. The van der Waals surface area contributed by atoms with Crippen molar-refractivity contribution in [2.75, 3.05) is 12.0 Å². The van der Waals surface area contributed by atoms with Gasteiger partial charge in [-0.3, -0.25) is 4.98 Å². The van der Waals surface area contributed by atoms with Crippen molar-refractivity contribution in [3.63, 3.8) is 0 Å². The second-order valence-corrected chi connectivity index (χ2v) is 8.61. The first-order valence-corrected chi connectivity index (χ1v) is 10.8. The van der Waals surface area contributed by atoms with Crippen molar-refractivity contribution < 1.29 is 14.3 Å². The number of aryl methyl sites for hydroxylation is 1. The molecule has 148 valence electrons. The summed E-state index contributed by atoms with van der Waals surface area (Å²) in [7, 11) is 1.64. The molecule has 0 aromatic carbocycles. The standard InChI is InChI=1S/C22H22N3O3S/c1-13-10-18(29-12-13)25-21(26)16-11-23-19-15(8-5-9-17(19)28-2)20(16)24(22(25)27)14-6-3-4-7-14/h5,8-12,14,17H,3-4,6-7H2,1-2H3/q+1. The summed E-state index contributed by atoms with van der Waals surface area (Å²) >= 11 is 1.41. The molecule has 3 amide bonds. The topological polar surface area (TPSA) is 62.5 Å². The number of hydrogen-bond acceptors (Lipinski definition) is 5. The monoisotopic (exact) mass is 408 g/mol. The van der Waals surface area contributed by atoms with Gasteiger partial charge in [-0.1, -0.05) is 6.08 Å². The molecule has 0 spiro atoms. The Kier molecular flexibility index (Phi) is 4.44. The van der Waals surface area contributed by atoms with E-state index in [0.717, 1.165) is 42.2 Å². The summed E-state index contributed by atoms with van der Waals surface area (Å²) in [5.74, 6) is -0.312. The molecule has 1 saturated carbocycles. The molecule has 29 heavy (non-hydrogen) atoms. The lowest BCUT2D eigenvalue weighted by Crippen LogP contribution is -2.62. The smallest absolute Gasteiger partial charge is 0.371 e. The number of aromatic nitrogens is 1. The van der Waals surface area contributed by atoms with Crippen molar-refractivity contribution >= 4 is 34.4 Å². The molecule has 0 N–H and O–H groups in total. The molecule has 1 aliphatic heterocycles. The van der Waals surface area contributed by atoms with Gasteiger partial charge in [-0.2, -0.15) is 9.37 Å².